The van der Waals surface area contributed by atoms with E-state index in [9.17, 15) is 18.0 Å². The van der Waals surface area contributed by atoms with Gasteiger partial charge in [-0.2, -0.15) is 0 Å². The van der Waals surface area contributed by atoms with Gasteiger partial charge >= 0.3 is 6.03 Å². The van der Waals surface area contributed by atoms with Crippen molar-refractivity contribution in [3.05, 3.63) is 59.9 Å². The van der Waals surface area contributed by atoms with Gasteiger partial charge in [-0.05, 0) is 24.3 Å². The minimum Gasteiger partial charge on any atom is -0.305 e. The summed E-state index contributed by atoms with van der Waals surface area (Å²) in [4.78, 5) is 11.5. The van der Waals surface area contributed by atoms with E-state index in [4.69, 9.17) is 0 Å². The fraction of sp³-hybridized carbons (Fsp3) is 0. The molecule has 0 unspecified atom stereocenters. The van der Waals surface area contributed by atoms with E-state index in [0.29, 0.717) is 0 Å². The van der Waals surface area contributed by atoms with E-state index < -0.39 is 29.2 Å². The number of hydrogen-bond donors (Lipinski definition) is 2. The first-order chi connectivity index (χ1) is 9.08. The van der Waals surface area contributed by atoms with Crippen molar-refractivity contribution in [1.29, 1.82) is 0 Å². The molecule has 0 atom stereocenters. The zero-order valence-corrected chi connectivity index (χ0v) is 9.58. The number of rotatable bonds is 2. The Morgan fingerprint density at radius 3 is 2.00 bits per heavy atom. The summed E-state index contributed by atoms with van der Waals surface area (Å²) in [5.74, 6) is -2.47. The van der Waals surface area contributed by atoms with Gasteiger partial charge in [0.1, 0.15) is 23.1 Å². The van der Waals surface area contributed by atoms with Crippen LogP contribution in [0.25, 0.3) is 0 Å². The van der Waals surface area contributed by atoms with Gasteiger partial charge in [0.2, 0.25) is 0 Å². The number of halogens is 3. The second-order valence-corrected chi connectivity index (χ2v) is 3.66. The van der Waals surface area contributed by atoms with E-state index >= 15 is 0 Å². The smallest absolute Gasteiger partial charge is 0.305 e. The Morgan fingerprint density at radius 1 is 0.789 bits per heavy atom. The highest BCUT2D eigenvalue weighted by atomic mass is 19.1. The van der Waals surface area contributed by atoms with E-state index in [1.54, 1.807) is 0 Å². The van der Waals surface area contributed by atoms with Crippen LogP contribution in [-0.4, -0.2) is 6.03 Å². The van der Waals surface area contributed by atoms with Gasteiger partial charge < -0.3 is 10.6 Å². The van der Waals surface area contributed by atoms with E-state index in [-0.39, 0.29) is 5.69 Å². The lowest BCUT2D eigenvalue weighted by Crippen LogP contribution is -2.21. The Balaban J connectivity index is 2.12. The van der Waals surface area contributed by atoms with Crippen molar-refractivity contribution in [2.24, 2.45) is 0 Å². The monoisotopic (exact) mass is 266 g/mol. The Morgan fingerprint density at radius 2 is 1.37 bits per heavy atom. The molecular formula is C13H9F3N2O. The lowest BCUT2D eigenvalue weighted by atomic mass is 10.3. The number of carbonyl (C=O) groups is 1. The quantitative estimate of drug-likeness (QED) is 0.854. The van der Waals surface area contributed by atoms with Crippen LogP contribution < -0.4 is 10.6 Å². The largest absolute Gasteiger partial charge is 0.323 e. The van der Waals surface area contributed by atoms with Gasteiger partial charge in [0.05, 0.1) is 5.69 Å². The predicted octanol–water partition coefficient (Wildman–Crippen LogP) is 3.75. The Bertz CT molecular complexity index is 596. The minimum atomic E-state index is -0.936. The number of hydrogen-bond acceptors (Lipinski definition) is 1. The van der Waals surface area contributed by atoms with Gasteiger partial charge in [0.25, 0.3) is 0 Å². The van der Waals surface area contributed by atoms with Crippen LogP contribution in [0.3, 0.4) is 0 Å². The molecule has 2 rings (SSSR count). The summed E-state index contributed by atoms with van der Waals surface area (Å²) in [6.45, 7) is 0. The summed E-state index contributed by atoms with van der Waals surface area (Å²) in [5, 5.41) is 4.14. The van der Waals surface area contributed by atoms with Crippen molar-refractivity contribution in [2.75, 3.05) is 10.6 Å². The first kappa shape index (κ1) is 12.9. The molecule has 3 nitrogen and oxygen atoms in total. The molecule has 98 valence electrons. The van der Waals surface area contributed by atoms with Gasteiger partial charge in [-0.1, -0.05) is 18.2 Å². The molecule has 0 saturated carbocycles. The third-order valence-electron chi connectivity index (χ3n) is 2.32. The van der Waals surface area contributed by atoms with Crippen LogP contribution in [0.4, 0.5) is 29.3 Å². The molecule has 0 radical (unpaired) electrons. The SMILES string of the molecule is O=C(Nc1ccccc1F)Nc1c(F)cccc1F. The summed E-state index contributed by atoms with van der Waals surface area (Å²) in [6, 6.07) is 7.69. The Labute approximate surface area is 107 Å². The van der Waals surface area contributed by atoms with Crippen molar-refractivity contribution in [3.8, 4) is 0 Å². The molecule has 0 spiro atoms. The molecule has 0 saturated heterocycles. The second kappa shape index (κ2) is 5.43. The highest BCUT2D eigenvalue weighted by Gasteiger charge is 2.12. The zero-order chi connectivity index (χ0) is 13.8. The molecule has 0 heterocycles. The highest BCUT2D eigenvalue weighted by molar-refractivity contribution is 5.99. The number of anilines is 2. The molecule has 6 heteroatoms. The molecule has 2 aromatic carbocycles. The van der Waals surface area contributed by atoms with Crippen LogP contribution in [0.1, 0.15) is 0 Å². The fourth-order valence-electron chi connectivity index (χ4n) is 1.45. The molecule has 0 aliphatic rings. The molecular weight excluding hydrogens is 257 g/mol. The molecule has 2 N–H and O–H groups in total. The van der Waals surface area contributed by atoms with Gasteiger partial charge in [0.15, 0.2) is 0 Å². The van der Waals surface area contributed by atoms with E-state index in [1.807, 2.05) is 5.32 Å². The highest BCUT2D eigenvalue weighted by Crippen LogP contribution is 2.19. The van der Waals surface area contributed by atoms with E-state index in [0.717, 1.165) is 18.2 Å². The van der Waals surface area contributed by atoms with Crippen LogP contribution in [0, 0.1) is 17.5 Å². The average molecular weight is 266 g/mol. The minimum absolute atomic E-state index is 0.0863. The summed E-state index contributed by atoms with van der Waals surface area (Å²) >= 11 is 0. The van der Waals surface area contributed by atoms with Crippen LogP contribution in [0.15, 0.2) is 42.5 Å². The van der Waals surface area contributed by atoms with Crippen LogP contribution in [-0.2, 0) is 0 Å². The van der Waals surface area contributed by atoms with E-state index in [2.05, 4.69) is 5.32 Å². The van der Waals surface area contributed by atoms with Gasteiger partial charge in [-0.3, -0.25) is 0 Å². The van der Waals surface area contributed by atoms with Gasteiger partial charge in [-0.15, -0.1) is 0 Å². The topological polar surface area (TPSA) is 41.1 Å². The second-order valence-electron chi connectivity index (χ2n) is 3.66. The summed E-state index contributed by atoms with van der Waals surface area (Å²) in [6.07, 6.45) is 0. The molecule has 2 amide bonds. The molecule has 0 aliphatic carbocycles. The van der Waals surface area contributed by atoms with Crippen molar-refractivity contribution in [3.63, 3.8) is 0 Å². The Kier molecular flexibility index (Phi) is 3.70. The standard InChI is InChI=1S/C13H9F3N2O/c14-8-4-1-2-7-11(8)17-13(19)18-12-9(15)5-3-6-10(12)16/h1-7H,(H2,17,18,19). The lowest BCUT2D eigenvalue weighted by molar-refractivity contribution is 0.262. The first-order valence-corrected chi connectivity index (χ1v) is 5.34. The van der Waals surface area contributed by atoms with Crippen molar-refractivity contribution in [1.82, 2.24) is 0 Å². The number of urea groups is 1. The van der Waals surface area contributed by atoms with Crippen molar-refractivity contribution in [2.45, 2.75) is 0 Å². The molecule has 0 aliphatic heterocycles. The van der Waals surface area contributed by atoms with E-state index in [1.165, 1.54) is 24.3 Å². The lowest BCUT2D eigenvalue weighted by Gasteiger charge is -2.09. The van der Waals surface area contributed by atoms with Crippen LogP contribution in [0.2, 0.25) is 0 Å². The zero-order valence-electron chi connectivity index (χ0n) is 9.58. The maximum absolute atomic E-state index is 13.3. The number of nitrogens with one attached hydrogen (secondary N) is 2. The predicted molar refractivity (Wildman–Crippen MR) is 65.4 cm³/mol. The molecule has 0 fully saturated rings. The number of para-hydroxylation sites is 2. The molecule has 2 aromatic rings. The van der Waals surface area contributed by atoms with Crippen LogP contribution in [0.5, 0.6) is 0 Å². The molecule has 0 aromatic heterocycles. The summed E-state index contributed by atoms with van der Waals surface area (Å²) < 4.78 is 39.8. The summed E-state index contributed by atoms with van der Waals surface area (Å²) in [5.41, 5.74) is -0.673. The Hall–Kier alpha value is -2.50. The first-order valence-electron chi connectivity index (χ1n) is 5.34. The van der Waals surface area contributed by atoms with Crippen LogP contribution >= 0.6 is 0 Å². The average Bonchev–Trinajstić information content (AvgIpc) is 2.37. The maximum atomic E-state index is 13.3. The third kappa shape index (κ3) is 3.04. The molecule has 0 bridgehead atoms. The van der Waals surface area contributed by atoms with Gasteiger partial charge in [-0.25, -0.2) is 18.0 Å². The van der Waals surface area contributed by atoms with Crippen molar-refractivity contribution >= 4 is 17.4 Å². The third-order valence-corrected chi connectivity index (χ3v) is 2.32. The summed E-state index contributed by atoms with van der Waals surface area (Å²) in [7, 11) is 0. The molecule has 19 heavy (non-hydrogen) atoms. The van der Waals surface area contributed by atoms with Crippen molar-refractivity contribution < 1.29 is 18.0 Å². The number of benzene rings is 2. The number of carbonyl (C=O) groups excluding carboxylic acids is 1. The normalized spacial score (nSPS) is 10.1. The maximum Gasteiger partial charge on any atom is 0.323 e. The van der Waals surface area contributed by atoms with Gasteiger partial charge in [0, 0.05) is 0 Å². The fourth-order valence-corrected chi connectivity index (χ4v) is 1.45. The number of amides is 2.